The van der Waals surface area contributed by atoms with Gasteiger partial charge in [-0.2, -0.15) is 10.4 Å². The van der Waals surface area contributed by atoms with Crippen LogP contribution in [0.5, 0.6) is 0 Å². The maximum absolute atomic E-state index is 8.95. The second kappa shape index (κ2) is 4.25. The zero-order valence-electron chi connectivity index (χ0n) is 8.83. The van der Waals surface area contributed by atoms with Gasteiger partial charge in [-0.05, 0) is 5.41 Å². The fraction of sp³-hybridized carbons (Fsp3) is 0.600. The van der Waals surface area contributed by atoms with Gasteiger partial charge in [0.15, 0.2) is 0 Å². The normalized spacial score (nSPS) is 13.6. The number of hydrogen-bond donors (Lipinski definition) is 2. The van der Waals surface area contributed by atoms with Crippen LogP contribution in [0, 0.1) is 16.7 Å². The smallest absolute Gasteiger partial charge is 0.100 e. The summed E-state index contributed by atoms with van der Waals surface area (Å²) < 4.78 is 0. The number of nitriles is 1. The first-order chi connectivity index (χ1) is 6.54. The third-order valence-electron chi connectivity index (χ3n) is 2.06. The molecule has 0 fully saturated rings. The SMILES string of the molecule is CC(C)(C)C(C#N)NCc1cn[nH]c1. The van der Waals surface area contributed by atoms with E-state index in [2.05, 4.69) is 21.6 Å². The highest BCUT2D eigenvalue weighted by atomic mass is 15.1. The largest absolute Gasteiger partial charge is 0.297 e. The van der Waals surface area contributed by atoms with Gasteiger partial charge < -0.3 is 0 Å². The van der Waals surface area contributed by atoms with Crippen molar-refractivity contribution in [2.75, 3.05) is 0 Å². The third-order valence-corrected chi connectivity index (χ3v) is 2.06. The lowest BCUT2D eigenvalue weighted by Gasteiger charge is -2.25. The number of H-pyrrole nitrogens is 1. The highest BCUT2D eigenvalue weighted by Gasteiger charge is 2.23. The van der Waals surface area contributed by atoms with E-state index in [4.69, 9.17) is 5.26 Å². The van der Waals surface area contributed by atoms with Gasteiger partial charge in [0.2, 0.25) is 0 Å². The number of hydrogen-bond acceptors (Lipinski definition) is 3. The molecule has 0 saturated carbocycles. The predicted octanol–water partition coefficient (Wildman–Crippen LogP) is 1.44. The molecule has 1 atom stereocenters. The van der Waals surface area contributed by atoms with Crippen molar-refractivity contribution >= 4 is 0 Å². The molecule has 0 saturated heterocycles. The Kier molecular flexibility index (Phi) is 3.26. The Hall–Kier alpha value is -1.34. The van der Waals surface area contributed by atoms with Crippen molar-refractivity contribution in [3.63, 3.8) is 0 Å². The minimum atomic E-state index is -0.141. The summed E-state index contributed by atoms with van der Waals surface area (Å²) >= 11 is 0. The molecule has 76 valence electrons. The molecule has 0 aliphatic carbocycles. The van der Waals surface area contributed by atoms with Crippen LogP contribution in [0.4, 0.5) is 0 Å². The van der Waals surface area contributed by atoms with E-state index in [-0.39, 0.29) is 11.5 Å². The van der Waals surface area contributed by atoms with Crippen molar-refractivity contribution in [3.8, 4) is 6.07 Å². The molecule has 1 unspecified atom stereocenters. The van der Waals surface area contributed by atoms with Gasteiger partial charge in [-0.15, -0.1) is 0 Å². The summed E-state index contributed by atoms with van der Waals surface area (Å²) in [6, 6.07) is 2.12. The first-order valence-corrected chi connectivity index (χ1v) is 4.64. The van der Waals surface area contributed by atoms with E-state index < -0.39 is 0 Å². The Morgan fingerprint density at radius 2 is 2.36 bits per heavy atom. The first kappa shape index (κ1) is 10.7. The number of aromatic amines is 1. The highest BCUT2D eigenvalue weighted by Crippen LogP contribution is 2.18. The van der Waals surface area contributed by atoms with Crippen LogP contribution in [0.2, 0.25) is 0 Å². The number of nitrogens with one attached hydrogen (secondary N) is 2. The second-order valence-corrected chi connectivity index (χ2v) is 4.42. The van der Waals surface area contributed by atoms with E-state index >= 15 is 0 Å². The van der Waals surface area contributed by atoms with E-state index in [1.54, 1.807) is 6.20 Å². The molecule has 1 aromatic rings. The standard InChI is InChI=1S/C10H16N4/c1-10(2,3)9(4-11)12-5-8-6-13-14-7-8/h6-7,9,12H,5H2,1-3H3,(H,13,14). The van der Waals surface area contributed by atoms with Gasteiger partial charge in [0, 0.05) is 18.3 Å². The van der Waals surface area contributed by atoms with Crippen LogP contribution in [-0.2, 0) is 6.54 Å². The van der Waals surface area contributed by atoms with Crippen LogP contribution in [0.3, 0.4) is 0 Å². The molecule has 0 aliphatic heterocycles. The molecule has 0 amide bonds. The maximum Gasteiger partial charge on any atom is 0.100 e. The van der Waals surface area contributed by atoms with E-state index in [1.165, 1.54) is 0 Å². The molecule has 4 nitrogen and oxygen atoms in total. The summed E-state index contributed by atoms with van der Waals surface area (Å²) in [6.07, 6.45) is 3.58. The Balaban J connectivity index is 2.48. The summed E-state index contributed by atoms with van der Waals surface area (Å²) in [6.45, 7) is 6.81. The van der Waals surface area contributed by atoms with Gasteiger partial charge in [0.25, 0.3) is 0 Å². The Morgan fingerprint density at radius 3 is 2.79 bits per heavy atom. The van der Waals surface area contributed by atoms with Gasteiger partial charge in [0.1, 0.15) is 6.04 Å². The van der Waals surface area contributed by atoms with E-state index in [0.29, 0.717) is 6.54 Å². The van der Waals surface area contributed by atoms with Crippen LogP contribution in [-0.4, -0.2) is 16.2 Å². The van der Waals surface area contributed by atoms with Crippen LogP contribution < -0.4 is 5.32 Å². The summed E-state index contributed by atoms with van der Waals surface area (Å²) in [5, 5.41) is 18.7. The zero-order valence-corrected chi connectivity index (χ0v) is 8.83. The maximum atomic E-state index is 8.95. The highest BCUT2D eigenvalue weighted by molar-refractivity contribution is 5.05. The quantitative estimate of drug-likeness (QED) is 0.761. The van der Waals surface area contributed by atoms with Crippen molar-refractivity contribution in [1.29, 1.82) is 5.26 Å². The van der Waals surface area contributed by atoms with Crippen molar-refractivity contribution in [1.82, 2.24) is 15.5 Å². The molecule has 1 rings (SSSR count). The fourth-order valence-electron chi connectivity index (χ4n) is 1.14. The van der Waals surface area contributed by atoms with Gasteiger partial charge in [-0.25, -0.2) is 0 Å². The summed E-state index contributed by atoms with van der Waals surface area (Å²) in [5.74, 6) is 0. The van der Waals surface area contributed by atoms with Crippen LogP contribution in [0.15, 0.2) is 12.4 Å². The molecule has 0 radical (unpaired) electrons. The monoisotopic (exact) mass is 192 g/mol. The van der Waals surface area contributed by atoms with Gasteiger partial charge in [-0.3, -0.25) is 10.4 Å². The molecule has 14 heavy (non-hydrogen) atoms. The number of aromatic nitrogens is 2. The van der Waals surface area contributed by atoms with Crippen LogP contribution in [0.25, 0.3) is 0 Å². The van der Waals surface area contributed by atoms with E-state index in [9.17, 15) is 0 Å². The molecule has 0 aliphatic rings. The predicted molar refractivity (Wildman–Crippen MR) is 54.3 cm³/mol. The van der Waals surface area contributed by atoms with Gasteiger partial charge in [-0.1, -0.05) is 20.8 Å². The molecule has 0 spiro atoms. The van der Waals surface area contributed by atoms with Crippen molar-refractivity contribution in [2.45, 2.75) is 33.4 Å². The van der Waals surface area contributed by atoms with Crippen molar-refractivity contribution in [3.05, 3.63) is 18.0 Å². The number of rotatable bonds is 3. The van der Waals surface area contributed by atoms with E-state index in [1.807, 2.05) is 27.0 Å². The average molecular weight is 192 g/mol. The van der Waals surface area contributed by atoms with Crippen molar-refractivity contribution < 1.29 is 0 Å². The fourth-order valence-corrected chi connectivity index (χ4v) is 1.14. The first-order valence-electron chi connectivity index (χ1n) is 4.64. The third kappa shape index (κ3) is 2.86. The zero-order chi connectivity index (χ0) is 10.6. The molecule has 1 heterocycles. The van der Waals surface area contributed by atoms with E-state index in [0.717, 1.165) is 5.56 Å². The average Bonchev–Trinajstić information content (AvgIpc) is 2.55. The molecule has 0 aromatic carbocycles. The summed E-state index contributed by atoms with van der Waals surface area (Å²) in [5.41, 5.74) is 1.02. The summed E-state index contributed by atoms with van der Waals surface area (Å²) in [4.78, 5) is 0. The minimum absolute atomic E-state index is 0.0432. The Labute approximate surface area is 84.3 Å². The van der Waals surface area contributed by atoms with Crippen LogP contribution in [0.1, 0.15) is 26.3 Å². The Morgan fingerprint density at radius 1 is 1.64 bits per heavy atom. The summed E-state index contributed by atoms with van der Waals surface area (Å²) in [7, 11) is 0. The van der Waals surface area contributed by atoms with Gasteiger partial charge >= 0.3 is 0 Å². The van der Waals surface area contributed by atoms with Crippen LogP contribution >= 0.6 is 0 Å². The van der Waals surface area contributed by atoms with Gasteiger partial charge in [0.05, 0.1) is 12.3 Å². The minimum Gasteiger partial charge on any atom is -0.297 e. The molecular formula is C10H16N4. The lowest BCUT2D eigenvalue weighted by Crippen LogP contribution is -2.38. The molecule has 2 N–H and O–H groups in total. The Bertz CT molecular complexity index is 302. The molecule has 1 aromatic heterocycles. The lowest BCUT2D eigenvalue weighted by atomic mass is 9.87. The molecule has 0 bridgehead atoms. The molecule has 4 heteroatoms. The lowest BCUT2D eigenvalue weighted by molar-refractivity contribution is 0.319. The topological polar surface area (TPSA) is 64.5 Å². The second-order valence-electron chi connectivity index (χ2n) is 4.42. The number of nitrogens with zero attached hydrogens (tertiary/aromatic N) is 2. The molecular weight excluding hydrogens is 176 g/mol. The van der Waals surface area contributed by atoms with Crippen molar-refractivity contribution in [2.24, 2.45) is 5.41 Å².